The number of allylic oxidation sites excluding steroid dienone is 1. The molecule has 1 aromatic carbocycles. The Labute approximate surface area is 135 Å². The highest BCUT2D eigenvalue weighted by atomic mass is 35.5. The number of benzene rings is 1. The molecule has 3 rings (SSSR count). The lowest BCUT2D eigenvalue weighted by Crippen LogP contribution is -2.34. The fourth-order valence-electron chi connectivity index (χ4n) is 2.73. The molecule has 1 aliphatic rings. The highest BCUT2D eigenvalue weighted by molar-refractivity contribution is 5.85. The number of nitrogens with zero attached hydrogens (tertiary/aromatic N) is 2. The van der Waals surface area contributed by atoms with Crippen molar-refractivity contribution < 1.29 is 8.91 Å². The molecule has 1 heterocycles. The zero-order valence-electron chi connectivity index (χ0n) is 12.4. The van der Waals surface area contributed by atoms with Gasteiger partial charge in [-0.25, -0.2) is 4.39 Å². The van der Waals surface area contributed by atoms with Gasteiger partial charge in [0.15, 0.2) is 5.82 Å². The van der Waals surface area contributed by atoms with Gasteiger partial charge in [0, 0.05) is 6.08 Å². The van der Waals surface area contributed by atoms with Gasteiger partial charge in [0.05, 0.1) is 5.54 Å². The van der Waals surface area contributed by atoms with Gasteiger partial charge in [-0.1, -0.05) is 30.1 Å². The largest absolute Gasteiger partial charge is 0.335 e. The molecular formula is C16H19ClFN3O. The molecule has 2 aromatic rings. The molecule has 118 valence electrons. The fourth-order valence-corrected chi connectivity index (χ4v) is 2.73. The van der Waals surface area contributed by atoms with Crippen molar-refractivity contribution >= 4 is 24.1 Å². The van der Waals surface area contributed by atoms with E-state index >= 15 is 0 Å². The van der Waals surface area contributed by atoms with Gasteiger partial charge in [-0.15, -0.1) is 12.4 Å². The third-order valence-corrected chi connectivity index (χ3v) is 4.00. The Morgan fingerprint density at radius 1 is 1.36 bits per heavy atom. The first-order chi connectivity index (χ1) is 10.1. The Hall–Kier alpha value is -1.72. The van der Waals surface area contributed by atoms with Crippen LogP contribution in [0.4, 0.5) is 4.39 Å². The topological polar surface area (TPSA) is 64.9 Å². The summed E-state index contributed by atoms with van der Waals surface area (Å²) in [5.74, 6) is 0.708. The van der Waals surface area contributed by atoms with Gasteiger partial charge in [-0.05, 0) is 43.0 Å². The van der Waals surface area contributed by atoms with Crippen LogP contribution in [-0.2, 0) is 5.54 Å². The van der Waals surface area contributed by atoms with Gasteiger partial charge < -0.3 is 10.3 Å². The average molecular weight is 324 g/mol. The van der Waals surface area contributed by atoms with Crippen LogP contribution in [0.25, 0.3) is 11.6 Å². The van der Waals surface area contributed by atoms with Crippen LogP contribution >= 0.6 is 12.4 Å². The molecule has 0 saturated heterocycles. The third kappa shape index (κ3) is 3.36. The molecule has 0 radical (unpaired) electrons. The highest BCUT2D eigenvalue weighted by Crippen LogP contribution is 2.34. The minimum atomic E-state index is -0.456. The molecule has 2 N–H and O–H groups in total. The molecule has 1 saturated carbocycles. The minimum absolute atomic E-state index is 0. The van der Waals surface area contributed by atoms with Crippen LogP contribution in [0.2, 0.25) is 0 Å². The van der Waals surface area contributed by atoms with Crippen molar-refractivity contribution in [3.63, 3.8) is 0 Å². The number of nitrogens with two attached hydrogens (primary N) is 1. The van der Waals surface area contributed by atoms with Gasteiger partial charge in [-0.2, -0.15) is 4.98 Å². The summed E-state index contributed by atoms with van der Waals surface area (Å²) >= 11 is 0. The van der Waals surface area contributed by atoms with Crippen LogP contribution in [0.15, 0.2) is 28.8 Å². The monoisotopic (exact) mass is 323 g/mol. The Morgan fingerprint density at radius 3 is 2.77 bits per heavy atom. The molecule has 0 bridgehead atoms. The van der Waals surface area contributed by atoms with E-state index < -0.39 is 5.54 Å². The molecule has 1 fully saturated rings. The smallest absolute Gasteiger partial charge is 0.250 e. The third-order valence-electron chi connectivity index (χ3n) is 4.00. The normalized spacial score (nSPS) is 17.3. The van der Waals surface area contributed by atoms with Crippen molar-refractivity contribution in [2.75, 3.05) is 0 Å². The summed E-state index contributed by atoms with van der Waals surface area (Å²) < 4.78 is 18.5. The molecule has 6 heteroatoms. The second kappa shape index (κ2) is 6.58. The Kier molecular flexibility index (Phi) is 4.98. The summed E-state index contributed by atoms with van der Waals surface area (Å²) in [7, 11) is 0. The van der Waals surface area contributed by atoms with Gasteiger partial charge in [0.1, 0.15) is 5.82 Å². The van der Waals surface area contributed by atoms with Crippen molar-refractivity contribution in [3.05, 3.63) is 47.4 Å². The maximum absolute atomic E-state index is 13.2. The molecule has 1 aliphatic carbocycles. The van der Waals surface area contributed by atoms with Crippen LogP contribution in [0.5, 0.6) is 0 Å². The molecule has 1 aromatic heterocycles. The number of halogens is 2. The average Bonchev–Trinajstić information content (AvgIpc) is 3.09. The van der Waals surface area contributed by atoms with E-state index in [1.54, 1.807) is 12.1 Å². The van der Waals surface area contributed by atoms with E-state index in [0.29, 0.717) is 11.7 Å². The lowest BCUT2D eigenvalue weighted by atomic mass is 9.99. The van der Waals surface area contributed by atoms with Crippen molar-refractivity contribution in [3.8, 4) is 0 Å². The number of hydrogen-bond donors (Lipinski definition) is 1. The number of rotatable bonds is 3. The molecule has 0 atom stereocenters. The molecule has 0 unspecified atom stereocenters. The summed E-state index contributed by atoms with van der Waals surface area (Å²) in [6.45, 7) is 1.88. The molecule has 0 amide bonds. The lowest BCUT2D eigenvalue weighted by Gasteiger charge is -2.17. The Bertz CT molecular complexity index is 678. The molecule has 0 spiro atoms. The second-order valence-electron chi connectivity index (χ2n) is 5.66. The molecular weight excluding hydrogens is 305 g/mol. The first-order valence-electron chi connectivity index (χ1n) is 7.14. The Morgan fingerprint density at radius 2 is 2.09 bits per heavy atom. The maximum Gasteiger partial charge on any atom is 0.250 e. The van der Waals surface area contributed by atoms with Gasteiger partial charge >= 0.3 is 0 Å². The zero-order chi connectivity index (χ0) is 14.9. The van der Waals surface area contributed by atoms with E-state index in [1.807, 2.05) is 13.0 Å². The second-order valence-corrected chi connectivity index (χ2v) is 5.66. The first-order valence-corrected chi connectivity index (χ1v) is 7.14. The standard InChI is InChI=1S/C16H18FN3O.ClH/c1-11(12-5-4-6-13(17)10-12)9-14-19-15(20-21-14)16(18)7-2-3-8-16;/h4-6,9-10H,2-3,7-8,18H2,1H3;1H/b11-9-;. The molecule has 4 nitrogen and oxygen atoms in total. The zero-order valence-corrected chi connectivity index (χ0v) is 13.2. The van der Waals surface area contributed by atoms with Crippen molar-refractivity contribution in [1.29, 1.82) is 0 Å². The van der Waals surface area contributed by atoms with Crippen molar-refractivity contribution in [2.24, 2.45) is 5.73 Å². The molecule has 0 aliphatic heterocycles. The van der Waals surface area contributed by atoms with E-state index in [0.717, 1.165) is 36.8 Å². The van der Waals surface area contributed by atoms with Crippen molar-refractivity contribution in [1.82, 2.24) is 10.1 Å². The number of aromatic nitrogens is 2. The van der Waals surface area contributed by atoms with E-state index in [9.17, 15) is 4.39 Å². The predicted octanol–water partition coefficient (Wildman–Crippen LogP) is 3.92. The van der Waals surface area contributed by atoms with E-state index in [-0.39, 0.29) is 18.2 Å². The summed E-state index contributed by atoms with van der Waals surface area (Å²) in [4.78, 5) is 4.38. The van der Waals surface area contributed by atoms with Crippen LogP contribution < -0.4 is 5.73 Å². The van der Waals surface area contributed by atoms with Crippen LogP contribution in [-0.4, -0.2) is 10.1 Å². The Balaban J connectivity index is 0.00000176. The van der Waals surface area contributed by atoms with E-state index in [2.05, 4.69) is 10.1 Å². The molecule has 22 heavy (non-hydrogen) atoms. The van der Waals surface area contributed by atoms with Gasteiger partial charge in [0.2, 0.25) is 0 Å². The predicted molar refractivity (Wildman–Crippen MR) is 85.8 cm³/mol. The summed E-state index contributed by atoms with van der Waals surface area (Å²) in [5.41, 5.74) is 7.50. The summed E-state index contributed by atoms with van der Waals surface area (Å²) in [6.07, 6.45) is 5.72. The maximum atomic E-state index is 13.2. The minimum Gasteiger partial charge on any atom is -0.335 e. The van der Waals surface area contributed by atoms with E-state index in [4.69, 9.17) is 10.3 Å². The quantitative estimate of drug-likeness (QED) is 0.929. The van der Waals surface area contributed by atoms with Crippen LogP contribution in [0, 0.1) is 5.82 Å². The SMILES string of the molecule is C/C(=C/c1nc(C2(N)CCCC2)no1)c1cccc(F)c1.Cl. The number of hydrogen-bond acceptors (Lipinski definition) is 4. The van der Waals surface area contributed by atoms with Gasteiger partial charge in [0.25, 0.3) is 5.89 Å². The fraction of sp³-hybridized carbons (Fsp3) is 0.375. The van der Waals surface area contributed by atoms with Crippen LogP contribution in [0.1, 0.15) is 49.9 Å². The summed E-state index contributed by atoms with van der Waals surface area (Å²) in [5, 5.41) is 4.00. The summed E-state index contributed by atoms with van der Waals surface area (Å²) in [6, 6.07) is 6.41. The highest BCUT2D eigenvalue weighted by Gasteiger charge is 2.35. The lowest BCUT2D eigenvalue weighted by molar-refractivity contribution is 0.364. The van der Waals surface area contributed by atoms with Crippen molar-refractivity contribution in [2.45, 2.75) is 38.1 Å². The van der Waals surface area contributed by atoms with Gasteiger partial charge in [-0.3, -0.25) is 0 Å². The first kappa shape index (κ1) is 16.6. The van der Waals surface area contributed by atoms with Crippen LogP contribution in [0.3, 0.4) is 0 Å². The van der Waals surface area contributed by atoms with E-state index in [1.165, 1.54) is 12.1 Å².